The molecule has 28 heavy (non-hydrogen) atoms. The Morgan fingerprint density at radius 1 is 1.14 bits per heavy atom. The van der Waals surface area contributed by atoms with Crippen LogP contribution >= 0.6 is 11.3 Å². The standard InChI is InChI=1S/C21H32N4O2S/c1-14(2)13-22-19(26)16-6-7-17-18(12-16)28-21(23-17)25-10-8-24(9-11-25)20(27)15-4-3-5-15/h14-16H,3-13H2,1-2H3,(H,22,26)/t16-/m1/s1. The number of anilines is 1. The van der Waals surface area contributed by atoms with Crippen LogP contribution in [0.1, 0.15) is 50.1 Å². The molecule has 1 saturated carbocycles. The number of fused-ring (bicyclic) bond motifs is 1. The summed E-state index contributed by atoms with van der Waals surface area (Å²) >= 11 is 1.75. The van der Waals surface area contributed by atoms with Crippen LogP contribution in [0.5, 0.6) is 0 Å². The first-order valence-electron chi connectivity index (χ1n) is 10.8. The fraction of sp³-hybridized carbons (Fsp3) is 0.762. The lowest BCUT2D eigenvalue weighted by Crippen LogP contribution is -2.51. The van der Waals surface area contributed by atoms with E-state index in [9.17, 15) is 9.59 Å². The van der Waals surface area contributed by atoms with Crippen LogP contribution in [0, 0.1) is 17.8 Å². The number of hydrogen-bond acceptors (Lipinski definition) is 5. The Balaban J connectivity index is 1.32. The summed E-state index contributed by atoms with van der Waals surface area (Å²) in [7, 11) is 0. The summed E-state index contributed by atoms with van der Waals surface area (Å²) in [4.78, 5) is 35.4. The summed E-state index contributed by atoms with van der Waals surface area (Å²) in [6, 6.07) is 0. The number of piperazine rings is 1. The molecule has 1 aromatic rings. The van der Waals surface area contributed by atoms with Crippen molar-refractivity contribution in [2.75, 3.05) is 37.6 Å². The van der Waals surface area contributed by atoms with E-state index in [1.807, 2.05) is 4.90 Å². The summed E-state index contributed by atoms with van der Waals surface area (Å²) in [5.41, 5.74) is 1.18. The molecule has 4 rings (SSSR count). The number of carbonyl (C=O) groups excluding carboxylic acids is 2. The van der Waals surface area contributed by atoms with E-state index in [2.05, 4.69) is 24.1 Å². The Bertz CT molecular complexity index is 720. The van der Waals surface area contributed by atoms with E-state index < -0.39 is 0 Å². The van der Waals surface area contributed by atoms with E-state index in [0.717, 1.165) is 70.0 Å². The molecule has 0 radical (unpaired) electrons. The fourth-order valence-corrected chi connectivity index (χ4v) is 5.44. The van der Waals surface area contributed by atoms with Gasteiger partial charge in [-0.25, -0.2) is 4.98 Å². The van der Waals surface area contributed by atoms with Crippen molar-refractivity contribution in [1.82, 2.24) is 15.2 Å². The van der Waals surface area contributed by atoms with Gasteiger partial charge in [-0.05, 0) is 38.0 Å². The minimum atomic E-state index is 0.0801. The van der Waals surface area contributed by atoms with Gasteiger partial charge in [-0.1, -0.05) is 20.3 Å². The van der Waals surface area contributed by atoms with E-state index in [-0.39, 0.29) is 17.7 Å². The molecule has 0 aromatic carbocycles. The molecule has 0 bridgehead atoms. The van der Waals surface area contributed by atoms with Crippen LogP contribution in [0.4, 0.5) is 5.13 Å². The molecule has 1 saturated heterocycles. The number of aromatic nitrogens is 1. The predicted molar refractivity (Wildman–Crippen MR) is 112 cm³/mol. The van der Waals surface area contributed by atoms with E-state index >= 15 is 0 Å². The lowest BCUT2D eigenvalue weighted by Gasteiger charge is -2.38. The average molecular weight is 405 g/mol. The Morgan fingerprint density at radius 2 is 1.89 bits per heavy atom. The number of rotatable bonds is 5. The maximum absolute atomic E-state index is 12.4. The Labute approximate surface area is 171 Å². The van der Waals surface area contributed by atoms with E-state index in [1.54, 1.807) is 11.3 Å². The predicted octanol–water partition coefficient (Wildman–Crippen LogP) is 2.47. The van der Waals surface area contributed by atoms with Crippen molar-refractivity contribution >= 4 is 28.3 Å². The Hall–Kier alpha value is -1.63. The van der Waals surface area contributed by atoms with Gasteiger partial charge >= 0.3 is 0 Å². The van der Waals surface area contributed by atoms with Crippen LogP contribution in [-0.2, 0) is 22.4 Å². The van der Waals surface area contributed by atoms with Crippen molar-refractivity contribution in [1.29, 1.82) is 0 Å². The third kappa shape index (κ3) is 4.19. The lowest BCUT2D eigenvalue weighted by atomic mass is 9.84. The molecule has 0 spiro atoms. The molecular formula is C21H32N4O2S. The largest absolute Gasteiger partial charge is 0.356 e. The second-order valence-electron chi connectivity index (χ2n) is 8.89. The maximum atomic E-state index is 12.4. The second-order valence-corrected chi connectivity index (χ2v) is 9.95. The third-order valence-electron chi connectivity index (χ3n) is 6.30. The van der Waals surface area contributed by atoms with Gasteiger partial charge in [-0.15, -0.1) is 11.3 Å². The molecular weight excluding hydrogens is 372 g/mol. The zero-order valence-corrected chi connectivity index (χ0v) is 17.9. The van der Waals surface area contributed by atoms with Crippen LogP contribution in [0.15, 0.2) is 0 Å². The molecule has 154 valence electrons. The first-order valence-corrected chi connectivity index (χ1v) is 11.6. The van der Waals surface area contributed by atoms with Gasteiger partial charge in [-0.3, -0.25) is 9.59 Å². The van der Waals surface area contributed by atoms with Gasteiger partial charge in [0.25, 0.3) is 0 Å². The second kappa shape index (κ2) is 8.39. The van der Waals surface area contributed by atoms with Crippen molar-refractivity contribution in [3.05, 3.63) is 10.6 Å². The van der Waals surface area contributed by atoms with Crippen molar-refractivity contribution in [2.45, 2.75) is 52.4 Å². The van der Waals surface area contributed by atoms with Gasteiger partial charge in [0.2, 0.25) is 11.8 Å². The number of aryl methyl sites for hydroxylation is 1. The highest BCUT2D eigenvalue weighted by atomic mass is 32.1. The molecule has 1 N–H and O–H groups in total. The zero-order valence-electron chi connectivity index (χ0n) is 17.1. The fourth-order valence-electron chi connectivity index (χ4n) is 4.20. The first kappa shape index (κ1) is 19.7. The van der Waals surface area contributed by atoms with Crippen molar-refractivity contribution < 1.29 is 9.59 Å². The van der Waals surface area contributed by atoms with Gasteiger partial charge in [0, 0.05) is 49.4 Å². The molecule has 1 aromatic heterocycles. The van der Waals surface area contributed by atoms with Gasteiger partial charge < -0.3 is 15.1 Å². The molecule has 2 heterocycles. The van der Waals surface area contributed by atoms with E-state index in [4.69, 9.17) is 4.98 Å². The van der Waals surface area contributed by atoms with Gasteiger partial charge in [0.15, 0.2) is 5.13 Å². The molecule has 3 aliphatic rings. The highest BCUT2D eigenvalue weighted by Crippen LogP contribution is 2.35. The summed E-state index contributed by atoms with van der Waals surface area (Å²) in [6.07, 6.45) is 5.96. The highest BCUT2D eigenvalue weighted by molar-refractivity contribution is 7.15. The van der Waals surface area contributed by atoms with Crippen molar-refractivity contribution in [2.24, 2.45) is 17.8 Å². The van der Waals surface area contributed by atoms with E-state index in [0.29, 0.717) is 11.8 Å². The van der Waals surface area contributed by atoms with E-state index in [1.165, 1.54) is 17.0 Å². The monoisotopic (exact) mass is 404 g/mol. The Kier molecular flexibility index (Phi) is 5.90. The lowest BCUT2D eigenvalue weighted by molar-refractivity contribution is -0.138. The van der Waals surface area contributed by atoms with Gasteiger partial charge in [0.05, 0.1) is 5.69 Å². The topological polar surface area (TPSA) is 65.5 Å². The number of nitrogens with zero attached hydrogens (tertiary/aromatic N) is 3. The third-order valence-corrected chi connectivity index (χ3v) is 7.48. The molecule has 6 nitrogen and oxygen atoms in total. The average Bonchev–Trinajstić information content (AvgIpc) is 3.08. The number of nitrogens with one attached hydrogen (secondary N) is 1. The normalized spacial score (nSPS) is 22.8. The van der Waals surface area contributed by atoms with Gasteiger partial charge in [-0.2, -0.15) is 0 Å². The molecule has 7 heteroatoms. The molecule has 2 fully saturated rings. The van der Waals surface area contributed by atoms with Crippen molar-refractivity contribution in [3.63, 3.8) is 0 Å². The summed E-state index contributed by atoms with van der Waals surface area (Å²) in [5.74, 6) is 1.40. The summed E-state index contributed by atoms with van der Waals surface area (Å²) in [5, 5.41) is 4.16. The minimum Gasteiger partial charge on any atom is -0.356 e. The number of thiazole rings is 1. The van der Waals surface area contributed by atoms with Crippen LogP contribution in [0.2, 0.25) is 0 Å². The maximum Gasteiger partial charge on any atom is 0.225 e. The molecule has 2 amide bonds. The quantitative estimate of drug-likeness (QED) is 0.819. The van der Waals surface area contributed by atoms with Crippen LogP contribution in [-0.4, -0.2) is 54.4 Å². The minimum absolute atomic E-state index is 0.0801. The molecule has 0 unspecified atom stereocenters. The smallest absolute Gasteiger partial charge is 0.225 e. The first-order chi connectivity index (χ1) is 13.5. The SMILES string of the molecule is CC(C)CNC(=O)[C@@H]1CCc2nc(N3CCN(C(=O)C4CCC4)CC3)sc2C1. The van der Waals surface area contributed by atoms with Crippen LogP contribution in [0.3, 0.4) is 0 Å². The number of amides is 2. The van der Waals surface area contributed by atoms with Crippen LogP contribution in [0.25, 0.3) is 0 Å². The molecule has 1 atom stereocenters. The Morgan fingerprint density at radius 3 is 2.54 bits per heavy atom. The van der Waals surface area contributed by atoms with Gasteiger partial charge in [0.1, 0.15) is 0 Å². The molecule has 1 aliphatic heterocycles. The summed E-state index contributed by atoms with van der Waals surface area (Å²) < 4.78 is 0. The van der Waals surface area contributed by atoms with Crippen LogP contribution < -0.4 is 10.2 Å². The molecule has 2 aliphatic carbocycles. The number of carbonyl (C=O) groups is 2. The van der Waals surface area contributed by atoms with Crippen molar-refractivity contribution in [3.8, 4) is 0 Å². The summed E-state index contributed by atoms with van der Waals surface area (Å²) in [6.45, 7) is 8.33. The highest BCUT2D eigenvalue weighted by Gasteiger charge is 2.33. The zero-order chi connectivity index (χ0) is 19.7. The number of hydrogen-bond donors (Lipinski definition) is 1.